The van der Waals surface area contributed by atoms with Gasteiger partial charge in [-0.15, -0.1) is 0 Å². The van der Waals surface area contributed by atoms with E-state index >= 15 is 0 Å². The minimum absolute atomic E-state index is 0.0127. The zero-order chi connectivity index (χ0) is 27.9. The molecule has 0 aliphatic carbocycles. The van der Waals surface area contributed by atoms with Crippen LogP contribution in [0.25, 0.3) is 0 Å². The third-order valence-corrected chi connectivity index (χ3v) is 7.80. The average Bonchev–Trinajstić information content (AvgIpc) is 3.31. The number of rotatable bonds is 10. The van der Waals surface area contributed by atoms with Gasteiger partial charge in [-0.25, -0.2) is 13.8 Å². The predicted octanol–water partition coefficient (Wildman–Crippen LogP) is 4.51. The van der Waals surface area contributed by atoms with Crippen molar-refractivity contribution >= 4 is 51.3 Å². The molecular weight excluding hydrogens is 551 g/mol. The maximum Gasteiger partial charge on any atom is 0.329 e. The lowest BCUT2D eigenvalue weighted by Gasteiger charge is -2.22. The first kappa shape index (κ1) is 29.4. The highest BCUT2D eigenvalue weighted by Gasteiger charge is 2.26. The Morgan fingerprint density at radius 2 is 1.71 bits per heavy atom. The summed E-state index contributed by atoms with van der Waals surface area (Å²) in [5.74, 6) is -0.919. The van der Waals surface area contributed by atoms with Crippen molar-refractivity contribution in [2.24, 2.45) is 11.0 Å². The van der Waals surface area contributed by atoms with E-state index in [1.54, 1.807) is 54.6 Å². The van der Waals surface area contributed by atoms with Crippen LogP contribution in [0.5, 0.6) is 0 Å². The van der Waals surface area contributed by atoms with Crippen molar-refractivity contribution in [3.63, 3.8) is 0 Å². The van der Waals surface area contributed by atoms with Crippen LogP contribution in [0, 0.1) is 12.8 Å². The van der Waals surface area contributed by atoms with Gasteiger partial charge < -0.3 is 9.73 Å². The smallest absolute Gasteiger partial charge is 0.329 e. The molecule has 2 N–H and O–H groups in total. The summed E-state index contributed by atoms with van der Waals surface area (Å²) < 4.78 is 34.0. The van der Waals surface area contributed by atoms with Gasteiger partial charge in [0.05, 0.1) is 27.7 Å². The maximum atomic E-state index is 13.5. The number of nitrogens with zero attached hydrogens (tertiary/aromatic N) is 2. The minimum atomic E-state index is -3.92. The second kappa shape index (κ2) is 13.1. The molecule has 0 fully saturated rings. The van der Waals surface area contributed by atoms with E-state index < -0.39 is 21.8 Å². The number of hydrogen-bond donors (Lipinski definition) is 2. The lowest BCUT2D eigenvalue weighted by atomic mass is 10.2. The van der Waals surface area contributed by atoms with Crippen molar-refractivity contribution in [1.82, 2.24) is 15.0 Å². The Morgan fingerprint density at radius 1 is 1.00 bits per heavy atom. The molecule has 2 amide bonds. The lowest BCUT2D eigenvalue weighted by molar-refractivity contribution is -0.139. The van der Waals surface area contributed by atoms with Crippen LogP contribution in [0.1, 0.15) is 36.5 Å². The van der Waals surface area contributed by atoms with E-state index in [-0.39, 0.29) is 29.7 Å². The number of sulfonamides is 1. The van der Waals surface area contributed by atoms with Crippen molar-refractivity contribution in [3.05, 3.63) is 87.3 Å². The van der Waals surface area contributed by atoms with Crippen LogP contribution in [0.3, 0.4) is 0 Å². The number of aryl methyl sites for hydroxylation is 1. The second-order valence-electron chi connectivity index (χ2n) is 8.94. The predicted molar refractivity (Wildman–Crippen MR) is 146 cm³/mol. The summed E-state index contributed by atoms with van der Waals surface area (Å²) in [5, 5.41) is 6.90. The van der Waals surface area contributed by atoms with Gasteiger partial charge in [0.2, 0.25) is 10.0 Å². The van der Waals surface area contributed by atoms with Crippen LogP contribution in [-0.4, -0.2) is 37.3 Å². The molecule has 0 aliphatic heterocycles. The van der Waals surface area contributed by atoms with Crippen molar-refractivity contribution < 1.29 is 22.4 Å². The second-order valence-corrected chi connectivity index (χ2v) is 11.7. The summed E-state index contributed by atoms with van der Waals surface area (Å²) in [5.41, 5.74) is 3.70. The van der Waals surface area contributed by atoms with Gasteiger partial charge in [0.25, 0.3) is 0 Å². The Kier molecular flexibility index (Phi) is 10.1. The Balaban J connectivity index is 1.76. The van der Waals surface area contributed by atoms with E-state index in [0.717, 1.165) is 5.56 Å². The zero-order valence-electron chi connectivity index (χ0n) is 21.1. The molecule has 0 saturated heterocycles. The molecule has 3 aromatic rings. The molecule has 0 saturated carbocycles. The molecule has 0 radical (unpaired) electrons. The highest BCUT2D eigenvalue weighted by molar-refractivity contribution is 7.89. The molecule has 1 heterocycles. The third-order valence-electron chi connectivity index (χ3n) is 5.25. The summed E-state index contributed by atoms with van der Waals surface area (Å²) in [6.07, 6.45) is 1.22. The van der Waals surface area contributed by atoms with Crippen LogP contribution in [0.2, 0.25) is 10.0 Å². The summed E-state index contributed by atoms with van der Waals surface area (Å²) >= 11 is 12.2. The molecule has 9 nitrogen and oxygen atoms in total. The third kappa shape index (κ3) is 8.16. The number of nitrogens with one attached hydrogen (secondary N) is 2. The van der Waals surface area contributed by atoms with Gasteiger partial charge in [0, 0.05) is 13.1 Å². The summed E-state index contributed by atoms with van der Waals surface area (Å²) in [4.78, 5) is 23.7. The Labute approximate surface area is 231 Å². The van der Waals surface area contributed by atoms with Gasteiger partial charge in [-0.2, -0.15) is 9.41 Å². The van der Waals surface area contributed by atoms with E-state index in [1.807, 2.05) is 20.8 Å². The van der Waals surface area contributed by atoms with E-state index in [0.29, 0.717) is 27.9 Å². The number of benzene rings is 2. The number of amides is 2. The number of carbonyl (C=O) groups is 2. The van der Waals surface area contributed by atoms with E-state index in [2.05, 4.69) is 15.8 Å². The van der Waals surface area contributed by atoms with Crippen molar-refractivity contribution in [1.29, 1.82) is 0 Å². The molecule has 0 aliphatic rings. The standard InChI is InChI=1S/C26H28Cl2N4O5S/c1-17(2)13-29-25(33)26(34)31-30-14-20-7-8-21(37-20)16-32(15-19-6-11-23(27)24(28)12-19)38(35,36)22-9-4-18(3)5-10-22/h4-12,14,17H,13,15-16H2,1-3H3,(H,29,33)(H,31,34)/b30-14+. The summed E-state index contributed by atoms with van der Waals surface area (Å²) in [7, 11) is -3.92. The van der Waals surface area contributed by atoms with Crippen molar-refractivity contribution in [2.75, 3.05) is 6.54 Å². The number of halogens is 2. The molecule has 202 valence electrons. The molecule has 0 unspecified atom stereocenters. The number of hydrogen-bond acceptors (Lipinski definition) is 6. The first-order valence-corrected chi connectivity index (χ1v) is 13.9. The minimum Gasteiger partial charge on any atom is -0.459 e. The van der Waals surface area contributed by atoms with Gasteiger partial charge in [0.1, 0.15) is 11.5 Å². The van der Waals surface area contributed by atoms with E-state index in [1.165, 1.54) is 10.5 Å². The summed E-state index contributed by atoms with van der Waals surface area (Å²) in [6.45, 7) is 5.97. The molecule has 0 atom stereocenters. The zero-order valence-corrected chi connectivity index (χ0v) is 23.4. The highest BCUT2D eigenvalue weighted by Crippen LogP contribution is 2.26. The summed E-state index contributed by atoms with van der Waals surface area (Å²) in [6, 6.07) is 14.6. The van der Waals surface area contributed by atoms with Crippen molar-refractivity contribution in [2.45, 2.75) is 38.8 Å². The molecule has 0 bridgehead atoms. The van der Waals surface area contributed by atoms with Crippen molar-refractivity contribution in [3.8, 4) is 0 Å². The van der Waals surface area contributed by atoms with Crippen LogP contribution >= 0.6 is 23.2 Å². The Bertz CT molecular complexity index is 1420. The van der Waals surface area contributed by atoms with Gasteiger partial charge >= 0.3 is 11.8 Å². The normalized spacial score (nSPS) is 11.9. The SMILES string of the molecule is Cc1ccc(S(=O)(=O)N(Cc2ccc(Cl)c(Cl)c2)Cc2ccc(/C=N/NC(=O)C(=O)NCC(C)C)o2)cc1. The van der Waals surface area contributed by atoms with Gasteiger partial charge in [-0.1, -0.05) is 60.8 Å². The molecule has 2 aromatic carbocycles. The first-order chi connectivity index (χ1) is 18.0. The first-order valence-electron chi connectivity index (χ1n) is 11.7. The van der Waals surface area contributed by atoms with Gasteiger partial charge in [-0.05, 0) is 54.8 Å². The Hall–Kier alpha value is -3.18. The molecule has 38 heavy (non-hydrogen) atoms. The lowest BCUT2D eigenvalue weighted by Crippen LogP contribution is -2.39. The largest absolute Gasteiger partial charge is 0.459 e. The van der Waals surface area contributed by atoms with E-state index in [9.17, 15) is 18.0 Å². The molecular formula is C26H28Cl2N4O5S. The molecule has 3 rings (SSSR count). The fraction of sp³-hybridized carbons (Fsp3) is 0.269. The number of carbonyl (C=O) groups excluding carboxylic acids is 2. The Morgan fingerprint density at radius 3 is 2.37 bits per heavy atom. The molecule has 0 spiro atoms. The quantitative estimate of drug-likeness (QED) is 0.208. The van der Waals surface area contributed by atoms with E-state index in [4.69, 9.17) is 27.6 Å². The molecule has 12 heteroatoms. The fourth-order valence-corrected chi connectivity index (χ4v) is 4.95. The molecule has 1 aromatic heterocycles. The van der Waals surface area contributed by atoms with Gasteiger partial charge in [-0.3, -0.25) is 9.59 Å². The highest BCUT2D eigenvalue weighted by atomic mass is 35.5. The average molecular weight is 580 g/mol. The van der Waals surface area contributed by atoms with Gasteiger partial charge in [0.15, 0.2) is 0 Å². The number of furan rings is 1. The fourth-order valence-electron chi connectivity index (χ4n) is 3.23. The topological polar surface area (TPSA) is 121 Å². The monoisotopic (exact) mass is 578 g/mol. The van der Waals surface area contributed by atoms with Crippen LogP contribution in [0.4, 0.5) is 0 Å². The van der Waals surface area contributed by atoms with Crippen LogP contribution < -0.4 is 10.7 Å². The maximum absolute atomic E-state index is 13.5. The van der Waals surface area contributed by atoms with Crippen LogP contribution in [0.15, 0.2) is 69.0 Å². The number of hydrazone groups is 1. The van der Waals surface area contributed by atoms with Crippen LogP contribution in [-0.2, 0) is 32.7 Å².